The van der Waals surface area contributed by atoms with Gasteiger partial charge in [0.05, 0.1) is 16.9 Å². The fourth-order valence-corrected chi connectivity index (χ4v) is 3.53. The molecule has 0 saturated carbocycles. The highest BCUT2D eigenvalue weighted by atomic mass is 16.7. The van der Waals surface area contributed by atoms with E-state index in [1.165, 1.54) is 10.6 Å². The zero-order chi connectivity index (χ0) is 17.5. The molecule has 0 bridgehead atoms. The fourth-order valence-electron chi connectivity index (χ4n) is 3.53. The molecule has 4 heteroatoms. The number of rotatable bonds is 3. The molecule has 0 aliphatic carbocycles. The Balaban J connectivity index is 1.93. The van der Waals surface area contributed by atoms with Gasteiger partial charge in [-0.3, -0.25) is 5.21 Å². The third-order valence-electron chi connectivity index (χ3n) is 4.53. The van der Waals surface area contributed by atoms with Crippen molar-refractivity contribution >= 4 is 11.4 Å². The van der Waals surface area contributed by atoms with Crippen molar-refractivity contribution in [2.75, 3.05) is 10.1 Å². The molecule has 1 aliphatic rings. The second-order valence-electron chi connectivity index (χ2n) is 7.54. The van der Waals surface area contributed by atoms with E-state index >= 15 is 0 Å². The van der Waals surface area contributed by atoms with Gasteiger partial charge >= 0.3 is 0 Å². The largest absolute Gasteiger partial charge is 0.286 e. The van der Waals surface area contributed by atoms with Crippen molar-refractivity contribution in [1.29, 1.82) is 0 Å². The van der Waals surface area contributed by atoms with Crippen LogP contribution in [-0.2, 0) is 4.84 Å². The molecule has 128 valence electrons. The number of anilines is 2. The average molecular weight is 326 g/mol. The lowest BCUT2D eigenvalue weighted by Crippen LogP contribution is -2.45. The molecule has 0 amide bonds. The average Bonchev–Trinajstić information content (AvgIpc) is 2.77. The summed E-state index contributed by atoms with van der Waals surface area (Å²) in [5, 5.41) is 14.0. The van der Waals surface area contributed by atoms with Crippen LogP contribution in [0.25, 0.3) is 0 Å². The summed E-state index contributed by atoms with van der Waals surface area (Å²) < 4.78 is 0. The van der Waals surface area contributed by atoms with Gasteiger partial charge in [0.15, 0.2) is 5.72 Å². The lowest BCUT2D eigenvalue weighted by molar-refractivity contribution is -0.0571. The maximum atomic E-state index is 10.8. The summed E-state index contributed by atoms with van der Waals surface area (Å²) in [5.74, 6) is 0. The molecule has 1 heterocycles. The van der Waals surface area contributed by atoms with Gasteiger partial charge in [0.25, 0.3) is 0 Å². The Labute approximate surface area is 144 Å². The van der Waals surface area contributed by atoms with Crippen LogP contribution in [0.15, 0.2) is 48.5 Å². The van der Waals surface area contributed by atoms with E-state index in [1.54, 1.807) is 0 Å². The van der Waals surface area contributed by atoms with E-state index in [4.69, 9.17) is 4.84 Å². The molecule has 0 unspecified atom stereocenters. The molecule has 24 heavy (non-hydrogen) atoms. The van der Waals surface area contributed by atoms with Crippen molar-refractivity contribution < 1.29 is 10.0 Å². The Morgan fingerprint density at radius 1 is 1.00 bits per heavy atom. The monoisotopic (exact) mass is 326 g/mol. The van der Waals surface area contributed by atoms with Crippen molar-refractivity contribution in [3.8, 4) is 0 Å². The minimum Gasteiger partial charge on any atom is -0.286 e. The maximum absolute atomic E-state index is 10.8. The maximum Gasteiger partial charge on any atom is 0.190 e. The molecule has 1 fully saturated rings. The van der Waals surface area contributed by atoms with E-state index < -0.39 is 5.72 Å². The lowest BCUT2D eigenvalue weighted by Gasteiger charge is -2.34. The topological polar surface area (TPSA) is 35.9 Å². The van der Waals surface area contributed by atoms with Crippen molar-refractivity contribution in [2.24, 2.45) is 0 Å². The Morgan fingerprint density at radius 3 is 2.25 bits per heavy atom. The zero-order valence-corrected chi connectivity index (χ0v) is 15.1. The first-order chi connectivity index (χ1) is 11.2. The van der Waals surface area contributed by atoms with Gasteiger partial charge in [-0.2, -0.15) is 0 Å². The first-order valence-corrected chi connectivity index (χ1v) is 8.33. The fraction of sp³-hybridized carbons (Fsp3) is 0.400. The second kappa shape index (κ2) is 5.80. The summed E-state index contributed by atoms with van der Waals surface area (Å²) in [5.41, 5.74) is 2.94. The third-order valence-corrected chi connectivity index (χ3v) is 4.53. The molecule has 0 radical (unpaired) electrons. The Bertz CT molecular complexity index is 744. The highest BCUT2D eigenvalue weighted by molar-refractivity contribution is 5.52. The molecule has 0 spiro atoms. The molecule has 3 rings (SSSR count). The van der Waals surface area contributed by atoms with Crippen LogP contribution in [0.4, 0.5) is 11.4 Å². The highest BCUT2D eigenvalue weighted by Crippen LogP contribution is 2.44. The standard InChI is InChI=1S/C20H26N2O2/c1-15-8-6-10-17(12-15)21(23)20(5)14-19(3,4)22(24-20)18-11-7-9-16(2)13-18/h6-13,23H,14H2,1-5H3/t20-/m0/s1. The van der Waals surface area contributed by atoms with E-state index in [-0.39, 0.29) is 5.54 Å². The summed E-state index contributed by atoms with van der Waals surface area (Å²) in [6, 6.07) is 16.0. The summed E-state index contributed by atoms with van der Waals surface area (Å²) in [6.07, 6.45) is 0.665. The van der Waals surface area contributed by atoms with Gasteiger partial charge in [0.2, 0.25) is 0 Å². The molecule has 1 saturated heterocycles. The zero-order valence-electron chi connectivity index (χ0n) is 15.1. The molecule has 1 N–H and O–H groups in total. The minimum absolute atomic E-state index is 0.243. The van der Waals surface area contributed by atoms with Gasteiger partial charge in [-0.25, -0.2) is 15.0 Å². The highest BCUT2D eigenvalue weighted by Gasteiger charge is 2.51. The van der Waals surface area contributed by atoms with Crippen LogP contribution in [0.3, 0.4) is 0 Å². The smallest absolute Gasteiger partial charge is 0.190 e. The summed E-state index contributed by atoms with van der Waals surface area (Å²) in [4.78, 5) is 6.27. The normalized spacial score (nSPS) is 22.7. The number of hydrogen-bond donors (Lipinski definition) is 1. The Kier molecular flexibility index (Phi) is 4.06. The molecule has 1 aliphatic heterocycles. The van der Waals surface area contributed by atoms with Crippen LogP contribution < -0.4 is 10.1 Å². The van der Waals surface area contributed by atoms with Crippen molar-refractivity contribution in [2.45, 2.75) is 52.3 Å². The number of hydrogen-bond acceptors (Lipinski definition) is 4. The molecule has 2 aromatic carbocycles. The SMILES string of the molecule is Cc1cccc(N2O[C@](C)(N(O)c3cccc(C)c3)CC2(C)C)c1. The molecule has 4 nitrogen and oxygen atoms in total. The Morgan fingerprint density at radius 2 is 1.62 bits per heavy atom. The first kappa shape index (κ1) is 16.8. The van der Waals surface area contributed by atoms with Gasteiger partial charge in [-0.05, 0) is 70.0 Å². The molecule has 2 aromatic rings. The van der Waals surface area contributed by atoms with E-state index in [1.807, 2.05) is 55.3 Å². The van der Waals surface area contributed by atoms with Crippen LogP contribution >= 0.6 is 0 Å². The van der Waals surface area contributed by atoms with Gasteiger partial charge in [-0.15, -0.1) is 0 Å². The van der Waals surface area contributed by atoms with Gasteiger partial charge in [0, 0.05) is 6.42 Å². The van der Waals surface area contributed by atoms with Crippen LogP contribution in [0, 0.1) is 13.8 Å². The minimum atomic E-state index is -0.832. The van der Waals surface area contributed by atoms with E-state index in [0.29, 0.717) is 6.42 Å². The predicted octanol–water partition coefficient (Wildman–Crippen LogP) is 4.84. The number of nitrogens with zero attached hydrogens (tertiary/aromatic N) is 2. The van der Waals surface area contributed by atoms with Gasteiger partial charge < -0.3 is 0 Å². The summed E-state index contributed by atoms with van der Waals surface area (Å²) >= 11 is 0. The van der Waals surface area contributed by atoms with Crippen molar-refractivity contribution in [3.63, 3.8) is 0 Å². The van der Waals surface area contributed by atoms with Crippen LogP contribution in [-0.4, -0.2) is 16.5 Å². The third kappa shape index (κ3) is 2.99. The first-order valence-electron chi connectivity index (χ1n) is 8.33. The molecule has 0 aromatic heterocycles. The van der Waals surface area contributed by atoms with E-state index in [0.717, 1.165) is 16.9 Å². The van der Waals surface area contributed by atoms with Crippen molar-refractivity contribution in [3.05, 3.63) is 59.7 Å². The number of aryl methyl sites for hydroxylation is 2. The lowest BCUT2D eigenvalue weighted by atomic mass is 9.94. The summed E-state index contributed by atoms with van der Waals surface area (Å²) in [7, 11) is 0. The van der Waals surface area contributed by atoms with Crippen LogP contribution in [0.2, 0.25) is 0 Å². The summed E-state index contributed by atoms with van der Waals surface area (Å²) in [6.45, 7) is 10.3. The van der Waals surface area contributed by atoms with Crippen LogP contribution in [0.5, 0.6) is 0 Å². The number of hydroxylamine groups is 2. The second-order valence-corrected chi connectivity index (χ2v) is 7.54. The van der Waals surface area contributed by atoms with Gasteiger partial charge in [-0.1, -0.05) is 24.3 Å². The number of benzene rings is 2. The Hall–Kier alpha value is -2.04. The quantitative estimate of drug-likeness (QED) is 0.819. The van der Waals surface area contributed by atoms with Crippen LogP contribution in [0.1, 0.15) is 38.3 Å². The molecular weight excluding hydrogens is 300 g/mol. The van der Waals surface area contributed by atoms with E-state index in [9.17, 15) is 5.21 Å². The molecular formula is C20H26N2O2. The molecule has 1 atom stereocenters. The van der Waals surface area contributed by atoms with Gasteiger partial charge in [0.1, 0.15) is 0 Å². The predicted molar refractivity (Wildman–Crippen MR) is 97.3 cm³/mol. The van der Waals surface area contributed by atoms with E-state index in [2.05, 4.69) is 32.9 Å². The van der Waals surface area contributed by atoms with Crippen molar-refractivity contribution in [1.82, 2.24) is 0 Å².